The summed E-state index contributed by atoms with van der Waals surface area (Å²) in [6.07, 6.45) is 3.54. The zero-order valence-corrected chi connectivity index (χ0v) is 12.9. The van der Waals surface area contributed by atoms with Gasteiger partial charge in [0.25, 0.3) is 0 Å². The van der Waals surface area contributed by atoms with Gasteiger partial charge in [-0.25, -0.2) is 0 Å². The third-order valence-corrected chi connectivity index (χ3v) is 2.79. The predicted octanol–water partition coefficient (Wildman–Crippen LogP) is 2.83. The summed E-state index contributed by atoms with van der Waals surface area (Å²) in [5.41, 5.74) is 0.978. The summed E-state index contributed by atoms with van der Waals surface area (Å²) in [5, 5.41) is 4.13. The van der Waals surface area contributed by atoms with Gasteiger partial charge in [-0.15, -0.1) is 0 Å². The van der Waals surface area contributed by atoms with Gasteiger partial charge in [0, 0.05) is 5.02 Å². The monoisotopic (exact) mass is 355 g/mol. The zero-order chi connectivity index (χ0) is 17.4. The van der Waals surface area contributed by atoms with E-state index in [1.807, 2.05) is 0 Å². The molecular formula is C14H12ClF2N5O2. The normalized spacial score (nSPS) is 11.9. The number of rotatable bonds is 7. The number of aromatic nitrogens is 2. The first-order valence-corrected chi connectivity index (χ1v) is 6.90. The van der Waals surface area contributed by atoms with Crippen molar-refractivity contribution in [2.24, 2.45) is 15.9 Å². The van der Waals surface area contributed by atoms with Crippen molar-refractivity contribution < 1.29 is 18.3 Å². The Labute approximate surface area is 140 Å². The van der Waals surface area contributed by atoms with Crippen molar-refractivity contribution in [3.05, 3.63) is 41.7 Å². The van der Waals surface area contributed by atoms with E-state index in [0.717, 1.165) is 12.4 Å². The minimum atomic E-state index is -2.94. The predicted molar refractivity (Wildman–Crippen MR) is 85.4 cm³/mol. The highest BCUT2D eigenvalue weighted by atomic mass is 35.5. The van der Waals surface area contributed by atoms with E-state index in [4.69, 9.17) is 22.2 Å². The lowest BCUT2D eigenvalue weighted by Crippen LogP contribution is -2.16. The molecule has 7 nitrogen and oxygen atoms in total. The second-order valence-corrected chi connectivity index (χ2v) is 4.66. The summed E-state index contributed by atoms with van der Waals surface area (Å²) >= 11 is 5.78. The number of aliphatic imine (C=N–C) groups is 1. The summed E-state index contributed by atoms with van der Waals surface area (Å²) in [6, 6.07) is 6.79. The van der Waals surface area contributed by atoms with Crippen molar-refractivity contribution in [3.63, 3.8) is 0 Å². The highest BCUT2D eigenvalue weighted by Crippen LogP contribution is 2.16. The van der Waals surface area contributed by atoms with Gasteiger partial charge in [-0.05, 0) is 24.3 Å². The first-order valence-electron chi connectivity index (χ1n) is 6.53. The van der Waals surface area contributed by atoms with Gasteiger partial charge in [0.05, 0.1) is 24.3 Å². The van der Waals surface area contributed by atoms with Gasteiger partial charge < -0.3 is 15.3 Å². The van der Waals surface area contributed by atoms with Gasteiger partial charge in [-0.2, -0.15) is 23.9 Å². The molecule has 2 aromatic rings. The van der Waals surface area contributed by atoms with E-state index in [1.165, 1.54) is 6.21 Å². The van der Waals surface area contributed by atoms with Crippen LogP contribution in [0.1, 0.15) is 0 Å². The van der Waals surface area contributed by atoms with Crippen LogP contribution in [0.2, 0.25) is 5.02 Å². The lowest BCUT2D eigenvalue weighted by Gasteiger charge is -2.05. The average molecular weight is 356 g/mol. The van der Waals surface area contributed by atoms with Crippen LogP contribution in [-0.4, -0.2) is 35.1 Å². The Morgan fingerprint density at radius 1 is 1.25 bits per heavy atom. The lowest BCUT2D eigenvalue weighted by molar-refractivity contribution is -0.0504. The van der Waals surface area contributed by atoms with E-state index >= 15 is 0 Å². The molecular weight excluding hydrogens is 344 g/mol. The van der Waals surface area contributed by atoms with E-state index in [1.54, 1.807) is 24.3 Å². The zero-order valence-electron chi connectivity index (χ0n) is 12.1. The molecule has 24 heavy (non-hydrogen) atoms. The molecule has 2 rings (SSSR count). The molecule has 0 spiro atoms. The van der Waals surface area contributed by atoms with Crippen molar-refractivity contribution >= 4 is 29.2 Å². The van der Waals surface area contributed by atoms with Crippen LogP contribution in [-0.2, 0) is 0 Å². The fraction of sp³-hybridized carbons (Fsp3) is 0.143. The van der Waals surface area contributed by atoms with E-state index in [0.29, 0.717) is 16.4 Å². The Balaban J connectivity index is 1.90. The first-order chi connectivity index (χ1) is 11.6. The molecule has 2 N–H and O–H groups in total. The van der Waals surface area contributed by atoms with Gasteiger partial charge in [0.2, 0.25) is 0 Å². The fourth-order valence-electron chi connectivity index (χ4n) is 1.47. The Morgan fingerprint density at radius 3 is 2.50 bits per heavy atom. The summed E-state index contributed by atoms with van der Waals surface area (Å²) in [6.45, 7) is -3.00. The van der Waals surface area contributed by atoms with Crippen LogP contribution in [0, 0.1) is 0 Å². The Morgan fingerprint density at radius 2 is 1.92 bits per heavy atom. The maximum absolute atomic E-state index is 12.0. The maximum atomic E-state index is 12.0. The van der Waals surface area contributed by atoms with Crippen molar-refractivity contribution in [2.75, 3.05) is 6.61 Å². The second kappa shape index (κ2) is 8.73. The summed E-state index contributed by atoms with van der Waals surface area (Å²) in [7, 11) is 0. The van der Waals surface area contributed by atoms with Crippen LogP contribution in [0.5, 0.6) is 11.8 Å². The van der Waals surface area contributed by atoms with Gasteiger partial charge in [-0.3, -0.25) is 4.99 Å². The Bertz CT molecular complexity index is 708. The van der Waals surface area contributed by atoms with Crippen LogP contribution in [0.25, 0.3) is 0 Å². The number of hydrogen-bond acceptors (Lipinski definition) is 7. The molecule has 1 aromatic heterocycles. The molecule has 1 heterocycles. The van der Waals surface area contributed by atoms with Crippen molar-refractivity contribution in [1.29, 1.82) is 0 Å². The smallest absolute Gasteiger partial charge is 0.387 e. The number of benzene rings is 1. The van der Waals surface area contributed by atoms with Crippen LogP contribution < -0.4 is 15.3 Å². The summed E-state index contributed by atoms with van der Waals surface area (Å²) < 4.78 is 33.4. The SMILES string of the molecule is NN=C(C=Nc1ccc(Cl)cc1)COc1ncc(OC(F)F)cn1. The Hall–Kier alpha value is -2.81. The molecule has 0 radical (unpaired) electrons. The Kier molecular flexibility index (Phi) is 6.38. The van der Waals surface area contributed by atoms with E-state index in [9.17, 15) is 8.78 Å². The second-order valence-electron chi connectivity index (χ2n) is 4.22. The molecule has 0 amide bonds. The van der Waals surface area contributed by atoms with Gasteiger partial charge >= 0.3 is 12.6 Å². The number of alkyl halides is 2. The molecule has 0 unspecified atom stereocenters. The highest BCUT2D eigenvalue weighted by Gasteiger charge is 2.06. The quantitative estimate of drug-likeness (QED) is 0.468. The molecule has 0 saturated heterocycles. The van der Waals surface area contributed by atoms with Gasteiger partial charge in [-0.1, -0.05) is 11.6 Å². The third kappa shape index (κ3) is 5.76. The van der Waals surface area contributed by atoms with Gasteiger partial charge in [0.15, 0.2) is 5.75 Å². The molecule has 0 bridgehead atoms. The minimum Gasteiger partial charge on any atom is -0.457 e. The molecule has 1 aromatic carbocycles. The number of halogens is 3. The standard InChI is InChI=1S/C14H12ClF2N5O2/c15-9-1-3-10(4-2-9)19-5-11(22-18)8-23-14-20-6-12(7-21-14)24-13(16)17/h1-7,13H,8,18H2. The van der Waals surface area contributed by atoms with Crippen LogP contribution in [0.4, 0.5) is 14.5 Å². The number of hydrazone groups is 1. The topological polar surface area (TPSA) is 95.0 Å². The molecule has 0 aliphatic rings. The molecule has 126 valence electrons. The minimum absolute atomic E-state index is 0.0438. The largest absolute Gasteiger partial charge is 0.457 e. The highest BCUT2D eigenvalue weighted by molar-refractivity contribution is 6.32. The molecule has 10 heteroatoms. The molecule has 0 aliphatic heterocycles. The fourth-order valence-corrected chi connectivity index (χ4v) is 1.59. The molecule has 0 atom stereocenters. The number of hydrogen-bond donors (Lipinski definition) is 1. The van der Waals surface area contributed by atoms with E-state index in [-0.39, 0.29) is 18.4 Å². The van der Waals surface area contributed by atoms with E-state index in [2.05, 4.69) is 24.8 Å². The average Bonchev–Trinajstić information content (AvgIpc) is 2.57. The van der Waals surface area contributed by atoms with Crippen LogP contribution >= 0.6 is 11.6 Å². The summed E-state index contributed by atoms with van der Waals surface area (Å²) in [5.74, 6) is 5.08. The van der Waals surface area contributed by atoms with Crippen LogP contribution in [0.3, 0.4) is 0 Å². The number of ether oxygens (including phenoxy) is 2. The number of nitrogens with zero attached hydrogens (tertiary/aromatic N) is 4. The molecule has 0 aliphatic carbocycles. The summed E-state index contributed by atoms with van der Waals surface area (Å²) in [4.78, 5) is 11.6. The lowest BCUT2D eigenvalue weighted by atomic mass is 10.3. The molecule has 0 saturated carbocycles. The molecule has 0 fully saturated rings. The van der Waals surface area contributed by atoms with Crippen molar-refractivity contribution in [3.8, 4) is 11.8 Å². The first kappa shape index (κ1) is 17.5. The third-order valence-electron chi connectivity index (χ3n) is 2.53. The van der Waals surface area contributed by atoms with Crippen LogP contribution in [0.15, 0.2) is 46.8 Å². The van der Waals surface area contributed by atoms with Crippen molar-refractivity contribution in [2.45, 2.75) is 6.61 Å². The maximum Gasteiger partial charge on any atom is 0.387 e. The van der Waals surface area contributed by atoms with Crippen molar-refractivity contribution in [1.82, 2.24) is 9.97 Å². The van der Waals surface area contributed by atoms with E-state index < -0.39 is 6.61 Å². The number of nitrogens with two attached hydrogens (primary N) is 1. The van der Waals surface area contributed by atoms with Gasteiger partial charge in [0.1, 0.15) is 12.3 Å².